The first-order valence-electron chi connectivity index (χ1n) is 8.95. The van der Waals surface area contributed by atoms with E-state index < -0.39 is 5.97 Å². The van der Waals surface area contributed by atoms with Gasteiger partial charge in [-0.3, -0.25) is 0 Å². The van der Waals surface area contributed by atoms with Crippen molar-refractivity contribution in [1.29, 1.82) is 0 Å². The molecule has 0 aliphatic rings. The van der Waals surface area contributed by atoms with Gasteiger partial charge in [0, 0.05) is 16.1 Å². The lowest BCUT2D eigenvalue weighted by Crippen LogP contribution is -2.10. The lowest BCUT2D eigenvalue weighted by Gasteiger charge is -2.11. The summed E-state index contributed by atoms with van der Waals surface area (Å²) in [5.74, 6) is -0.490. The second-order valence-electron chi connectivity index (χ2n) is 6.25. The van der Waals surface area contributed by atoms with Crippen molar-refractivity contribution in [2.45, 2.75) is 6.92 Å². The summed E-state index contributed by atoms with van der Waals surface area (Å²) >= 11 is 6.12. The minimum Gasteiger partial charge on any atom is -0.461 e. The molecular formula is C23H17ClN2O2. The number of carbonyl (C=O) groups is 1. The number of rotatable bonds is 4. The summed E-state index contributed by atoms with van der Waals surface area (Å²) < 4.78 is 5.18. The Morgan fingerprint density at radius 3 is 2.57 bits per heavy atom. The number of benzene rings is 3. The molecule has 4 nitrogen and oxygen atoms in total. The first kappa shape index (κ1) is 18.1. The maximum atomic E-state index is 12.5. The quantitative estimate of drug-likeness (QED) is 0.415. The predicted molar refractivity (Wildman–Crippen MR) is 111 cm³/mol. The van der Waals surface area contributed by atoms with Gasteiger partial charge in [-0.15, -0.1) is 0 Å². The van der Waals surface area contributed by atoms with Gasteiger partial charge in [-0.05, 0) is 35.9 Å². The maximum absolute atomic E-state index is 12.5. The number of hydrogen-bond donors (Lipinski definition) is 0. The standard InChI is InChI=1S/C23H17ClN2O2/c1-2-28-23(27)22-21(18-11-10-15-6-3-4-7-16(15)12-18)26-20(14-25-22)17-8-5-9-19(24)13-17/h3-14H,2H2,1H3. The minimum atomic E-state index is -0.490. The summed E-state index contributed by atoms with van der Waals surface area (Å²) in [7, 11) is 0. The fourth-order valence-corrected chi connectivity index (χ4v) is 3.25. The normalized spacial score (nSPS) is 10.8. The van der Waals surface area contributed by atoms with E-state index in [1.165, 1.54) is 0 Å². The maximum Gasteiger partial charge on any atom is 0.359 e. The summed E-state index contributed by atoms with van der Waals surface area (Å²) in [6.07, 6.45) is 1.57. The summed E-state index contributed by atoms with van der Waals surface area (Å²) in [4.78, 5) is 21.6. The molecule has 1 heterocycles. The molecule has 138 valence electrons. The Labute approximate surface area is 167 Å². The van der Waals surface area contributed by atoms with Crippen LogP contribution in [0.3, 0.4) is 0 Å². The number of ether oxygens (including phenoxy) is 1. The highest BCUT2D eigenvalue weighted by Gasteiger charge is 2.19. The SMILES string of the molecule is CCOC(=O)c1ncc(-c2cccc(Cl)c2)nc1-c1ccc2ccccc2c1. The highest BCUT2D eigenvalue weighted by Crippen LogP contribution is 2.28. The van der Waals surface area contributed by atoms with Crippen molar-refractivity contribution in [2.24, 2.45) is 0 Å². The highest BCUT2D eigenvalue weighted by atomic mass is 35.5. The lowest BCUT2D eigenvalue weighted by atomic mass is 10.0. The molecule has 0 unspecified atom stereocenters. The zero-order chi connectivity index (χ0) is 19.5. The topological polar surface area (TPSA) is 52.1 Å². The van der Waals surface area contributed by atoms with Gasteiger partial charge in [0.25, 0.3) is 0 Å². The van der Waals surface area contributed by atoms with Gasteiger partial charge >= 0.3 is 5.97 Å². The van der Waals surface area contributed by atoms with Gasteiger partial charge in [0.05, 0.1) is 18.5 Å². The van der Waals surface area contributed by atoms with Crippen LogP contribution in [-0.2, 0) is 4.74 Å². The molecule has 0 spiro atoms. The number of aromatic nitrogens is 2. The largest absolute Gasteiger partial charge is 0.461 e. The molecule has 0 saturated carbocycles. The van der Waals surface area contributed by atoms with E-state index in [2.05, 4.69) is 4.98 Å². The Morgan fingerprint density at radius 2 is 1.79 bits per heavy atom. The molecule has 4 rings (SSSR count). The molecule has 0 N–H and O–H groups in total. The van der Waals surface area contributed by atoms with Crippen molar-refractivity contribution >= 4 is 28.3 Å². The van der Waals surface area contributed by atoms with E-state index in [-0.39, 0.29) is 12.3 Å². The average molecular weight is 389 g/mol. The first-order chi connectivity index (χ1) is 13.7. The molecule has 0 fully saturated rings. The van der Waals surface area contributed by atoms with Gasteiger partial charge in [0.2, 0.25) is 0 Å². The van der Waals surface area contributed by atoms with Crippen LogP contribution in [-0.4, -0.2) is 22.5 Å². The molecule has 0 aliphatic heterocycles. The van der Waals surface area contributed by atoms with Crippen molar-refractivity contribution in [2.75, 3.05) is 6.61 Å². The third-order valence-corrected chi connectivity index (χ3v) is 4.62. The van der Waals surface area contributed by atoms with E-state index in [9.17, 15) is 4.79 Å². The summed E-state index contributed by atoms with van der Waals surface area (Å²) in [6, 6.07) is 21.4. The van der Waals surface area contributed by atoms with E-state index in [0.29, 0.717) is 16.4 Å². The molecule has 4 aromatic rings. The fourth-order valence-electron chi connectivity index (χ4n) is 3.06. The Hall–Kier alpha value is -3.24. The molecule has 5 heteroatoms. The molecule has 3 aromatic carbocycles. The van der Waals surface area contributed by atoms with Crippen LogP contribution in [0.15, 0.2) is 72.9 Å². The van der Waals surface area contributed by atoms with Gasteiger partial charge in [0.1, 0.15) is 5.69 Å². The molecule has 0 bridgehead atoms. The molecule has 0 radical (unpaired) electrons. The predicted octanol–water partition coefficient (Wildman–Crippen LogP) is 5.79. The van der Waals surface area contributed by atoms with Gasteiger partial charge < -0.3 is 4.74 Å². The van der Waals surface area contributed by atoms with E-state index in [0.717, 1.165) is 21.9 Å². The monoisotopic (exact) mass is 388 g/mol. The fraction of sp³-hybridized carbons (Fsp3) is 0.0870. The van der Waals surface area contributed by atoms with E-state index in [1.807, 2.05) is 60.7 Å². The Balaban J connectivity index is 1.90. The number of carbonyl (C=O) groups excluding carboxylic acids is 1. The smallest absolute Gasteiger partial charge is 0.359 e. The number of nitrogens with zero attached hydrogens (tertiary/aromatic N) is 2. The van der Waals surface area contributed by atoms with Gasteiger partial charge in [0.15, 0.2) is 5.69 Å². The van der Waals surface area contributed by atoms with Gasteiger partial charge in [-0.25, -0.2) is 14.8 Å². The van der Waals surface area contributed by atoms with Crippen LogP contribution in [0.1, 0.15) is 17.4 Å². The molecular weight excluding hydrogens is 372 g/mol. The van der Waals surface area contributed by atoms with Gasteiger partial charge in [-0.2, -0.15) is 0 Å². The lowest BCUT2D eigenvalue weighted by molar-refractivity contribution is 0.0520. The summed E-state index contributed by atoms with van der Waals surface area (Å²) in [5, 5.41) is 2.79. The van der Waals surface area contributed by atoms with Gasteiger partial charge in [-0.1, -0.05) is 60.1 Å². The minimum absolute atomic E-state index is 0.197. The van der Waals surface area contributed by atoms with Crippen LogP contribution in [0.25, 0.3) is 33.3 Å². The molecule has 1 aromatic heterocycles. The number of esters is 1. The number of fused-ring (bicyclic) bond motifs is 1. The van der Waals surface area contributed by atoms with Crippen molar-refractivity contribution in [3.8, 4) is 22.5 Å². The molecule has 28 heavy (non-hydrogen) atoms. The zero-order valence-corrected chi connectivity index (χ0v) is 16.0. The van der Waals surface area contributed by atoms with Crippen molar-refractivity contribution in [1.82, 2.24) is 9.97 Å². The zero-order valence-electron chi connectivity index (χ0n) is 15.2. The average Bonchev–Trinajstić information content (AvgIpc) is 2.73. The van der Waals surface area contributed by atoms with Crippen LogP contribution >= 0.6 is 11.6 Å². The van der Waals surface area contributed by atoms with Crippen LogP contribution in [0, 0.1) is 0 Å². The number of hydrogen-bond acceptors (Lipinski definition) is 4. The third kappa shape index (κ3) is 3.59. The van der Waals surface area contributed by atoms with Crippen molar-refractivity contribution < 1.29 is 9.53 Å². The first-order valence-corrected chi connectivity index (χ1v) is 9.33. The number of halogens is 1. The molecule has 0 aliphatic carbocycles. The second-order valence-corrected chi connectivity index (χ2v) is 6.68. The third-order valence-electron chi connectivity index (χ3n) is 4.38. The van der Waals surface area contributed by atoms with Crippen LogP contribution in [0.4, 0.5) is 0 Å². The summed E-state index contributed by atoms with van der Waals surface area (Å²) in [5.41, 5.74) is 2.96. The van der Waals surface area contributed by atoms with Crippen molar-refractivity contribution in [3.05, 3.63) is 83.6 Å². The summed E-state index contributed by atoms with van der Waals surface area (Å²) in [6.45, 7) is 2.04. The van der Waals surface area contributed by atoms with Crippen LogP contribution in [0.2, 0.25) is 5.02 Å². The Kier molecular flexibility index (Phi) is 5.04. The molecule has 0 atom stereocenters. The highest BCUT2D eigenvalue weighted by molar-refractivity contribution is 6.30. The van der Waals surface area contributed by atoms with E-state index in [1.54, 1.807) is 19.2 Å². The van der Waals surface area contributed by atoms with Crippen molar-refractivity contribution in [3.63, 3.8) is 0 Å². The second kappa shape index (κ2) is 7.79. The van der Waals surface area contributed by atoms with E-state index >= 15 is 0 Å². The Morgan fingerprint density at radius 1 is 0.964 bits per heavy atom. The molecule has 0 saturated heterocycles. The Bertz CT molecular complexity index is 1170. The van der Waals surface area contributed by atoms with Crippen LogP contribution in [0.5, 0.6) is 0 Å². The molecule has 0 amide bonds. The van der Waals surface area contributed by atoms with E-state index in [4.69, 9.17) is 21.3 Å². The van der Waals surface area contributed by atoms with Crippen LogP contribution < -0.4 is 0 Å².